The van der Waals surface area contributed by atoms with Crippen LogP contribution in [0.4, 0.5) is 10.5 Å². The van der Waals surface area contributed by atoms with E-state index >= 15 is 0 Å². The van der Waals surface area contributed by atoms with Crippen LogP contribution in [-0.4, -0.2) is 46.1 Å². The second-order valence-electron chi connectivity index (χ2n) is 8.25. The number of hydrogen-bond donors (Lipinski definition) is 2. The number of imide groups is 1. The molecule has 1 fully saturated rings. The first kappa shape index (κ1) is 23.0. The number of carbonyl (C=O) groups excluding carboxylic acids is 2. The smallest absolute Gasteiger partial charge is 0.329 e. The number of carboxylic acids is 1. The molecule has 5 rings (SSSR count). The van der Waals surface area contributed by atoms with E-state index in [1.54, 1.807) is 24.5 Å². The topological polar surface area (TPSA) is 122 Å². The van der Waals surface area contributed by atoms with Gasteiger partial charge in [0.2, 0.25) is 0 Å². The highest BCUT2D eigenvalue weighted by Gasteiger charge is 2.31. The van der Waals surface area contributed by atoms with E-state index in [1.165, 1.54) is 0 Å². The molecule has 0 radical (unpaired) electrons. The van der Waals surface area contributed by atoms with E-state index in [0.29, 0.717) is 41.1 Å². The van der Waals surface area contributed by atoms with Crippen molar-refractivity contribution >= 4 is 34.5 Å². The summed E-state index contributed by atoms with van der Waals surface area (Å²) in [5, 5.41) is 11.9. The Morgan fingerprint density at radius 3 is 2.36 bits per heavy atom. The van der Waals surface area contributed by atoms with Gasteiger partial charge in [-0.2, -0.15) is 0 Å². The third-order valence-corrected chi connectivity index (χ3v) is 5.84. The maximum Gasteiger partial charge on any atom is 0.329 e. The molecule has 1 aliphatic rings. The van der Waals surface area contributed by atoms with Gasteiger partial charge in [0, 0.05) is 29.8 Å². The third-order valence-electron chi connectivity index (χ3n) is 5.84. The number of hydrogen-bond acceptors (Lipinski definition) is 6. The van der Waals surface area contributed by atoms with Crippen molar-refractivity contribution in [2.75, 3.05) is 18.1 Å². The Morgan fingerprint density at radius 2 is 1.69 bits per heavy atom. The van der Waals surface area contributed by atoms with E-state index in [-0.39, 0.29) is 18.9 Å². The number of nitrogens with zero attached hydrogens (tertiary/aromatic N) is 3. The van der Waals surface area contributed by atoms with Gasteiger partial charge in [-0.15, -0.1) is 0 Å². The first-order valence-electron chi connectivity index (χ1n) is 11.4. The van der Waals surface area contributed by atoms with Crippen molar-refractivity contribution in [1.82, 2.24) is 15.3 Å². The molecule has 0 spiro atoms. The van der Waals surface area contributed by atoms with E-state index < -0.39 is 12.0 Å². The lowest BCUT2D eigenvalue weighted by atomic mass is 10.0. The number of carbonyl (C=O) groups is 3. The average molecular weight is 482 g/mol. The second-order valence-corrected chi connectivity index (χ2v) is 8.25. The third kappa shape index (κ3) is 4.72. The fourth-order valence-electron chi connectivity index (χ4n) is 4.04. The van der Waals surface area contributed by atoms with Crippen molar-refractivity contribution in [3.05, 3.63) is 73.1 Å². The number of benzene rings is 2. The van der Waals surface area contributed by atoms with Crippen LogP contribution in [0.5, 0.6) is 5.75 Å². The standard InChI is InChI=1S/C27H22N4O5/c32-25-16-29-27(35)31(25)24-14-23(30-22-11-12-28-15-21(22)24)19-5-3-17(4-6-19)18-7-9-20(10-8-18)36-13-1-2-26(33)34/h3-12,14-15H,1-2,13,16H2,(H,29,35)(H,33,34). The fourth-order valence-corrected chi connectivity index (χ4v) is 4.04. The molecule has 0 unspecified atom stereocenters. The van der Waals surface area contributed by atoms with Gasteiger partial charge in [0.05, 0.1) is 30.0 Å². The maximum atomic E-state index is 12.4. The lowest BCUT2D eigenvalue weighted by molar-refractivity contribution is -0.137. The molecule has 2 N–H and O–H groups in total. The minimum Gasteiger partial charge on any atom is -0.494 e. The molecule has 1 aliphatic heterocycles. The Labute approximate surface area is 206 Å². The number of aromatic nitrogens is 2. The van der Waals surface area contributed by atoms with Crippen LogP contribution in [-0.2, 0) is 9.59 Å². The number of rotatable bonds is 8. The number of carboxylic acid groups (broad SMARTS) is 1. The number of aliphatic carboxylic acids is 1. The van der Waals surface area contributed by atoms with Crippen LogP contribution in [0.15, 0.2) is 73.1 Å². The van der Waals surface area contributed by atoms with Gasteiger partial charge < -0.3 is 15.2 Å². The predicted molar refractivity (Wildman–Crippen MR) is 134 cm³/mol. The number of anilines is 1. The van der Waals surface area contributed by atoms with E-state index in [2.05, 4.69) is 10.3 Å². The molecule has 9 nitrogen and oxygen atoms in total. The van der Waals surface area contributed by atoms with Crippen LogP contribution in [0.3, 0.4) is 0 Å². The number of fused-ring (bicyclic) bond motifs is 1. The molecule has 0 bridgehead atoms. The van der Waals surface area contributed by atoms with E-state index in [0.717, 1.165) is 21.6 Å². The molecule has 0 atom stereocenters. The Hall–Kier alpha value is -4.79. The van der Waals surface area contributed by atoms with Crippen molar-refractivity contribution in [2.24, 2.45) is 0 Å². The van der Waals surface area contributed by atoms with Crippen LogP contribution in [0.2, 0.25) is 0 Å². The highest BCUT2D eigenvalue weighted by Crippen LogP contribution is 2.32. The van der Waals surface area contributed by atoms with Crippen LogP contribution < -0.4 is 15.0 Å². The highest BCUT2D eigenvalue weighted by molar-refractivity contribution is 6.23. The van der Waals surface area contributed by atoms with Gasteiger partial charge in [-0.1, -0.05) is 36.4 Å². The Bertz CT molecular complexity index is 1440. The summed E-state index contributed by atoms with van der Waals surface area (Å²) < 4.78 is 5.60. The normalized spacial score (nSPS) is 13.2. The van der Waals surface area contributed by atoms with Crippen LogP contribution in [0.1, 0.15) is 12.8 Å². The second kappa shape index (κ2) is 9.83. The summed E-state index contributed by atoms with van der Waals surface area (Å²) in [6, 6.07) is 18.4. The minimum atomic E-state index is -0.834. The lowest BCUT2D eigenvalue weighted by Crippen LogP contribution is -2.31. The SMILES string of the molecule is O=C(O)CCCOc1ccc(-c2ccc(-c3cc(N4C(=O)CNC4=O)c4cnccc4n3)cc2)cc1. The molecule has 36 heavy (non-hydrogen) atoms. The fraction of sp³-hybridized carbons (Fsp3) is 0.148. The Morgan fingerprint density at radius 1 is 1.00 bits per heavy atom. The first-order chi connectivity index (χ1) is 17.5. The van der Waals surface area contributed by atoms with E-state index in [1.807, 2.05) is 48.5 Å². The molecule has 180 valence electrons. The van der Waals surface area contributed by atoms with E-state index in [9.17, 15) is 14.4 Å². The van der Waals surface area contributed by atoms with Crippen molar-refractivity contribution in [3.63, 3.8) is 0 Å². The zero-order valence-corrected chi connectivity index (χ0v) is 19.2. The first-order valence-corrected chi connectivity index (χ1v) is 11.4. The number of nitrogens with one attached hydrogen (secondary N) is 1. The summed E-state index contributed by atoms with van der Waals surface area (Å²) in [6.45, 7) is 0.306. The predicted octanol–water partition coefficient (Wildman–Crippen LogP) is 4.26. The lowest BCUT2D eigenvalue weighted by Gasteiger charge is -2.16. The van der Waals surface area contributed by atoms with Gasteiger partial charge in [-0.25, -0.2) is 14.7 Å². The molecular formula is C27H22N4O5. The summed E-state index contributed by atoms with van der Waals surface area (Å²) in [5.41, 5.74) is 4.55. The van der Waals surface area contributed by atoms with Gasteiger partial charge in [-0.3, -0.25) is 14.6 Å². The summed E-state index contributed by atoms with van der Waals surface area (Å²) in [5.74, 6) is -0.477. The Kier molecular flexibility index (Phi) is 6.27. The van der Waals surface area contributed by atoms with Crippen molar-refractivity contribution in [3.8, 4) is 28.1 Å². The van der Waals surface area contributed by atoms with Crippen molar-refractivity contribution < 1.29 is 24.2 Å². The average Bonchev–Trinajstić information content (AvgIpc) is 3.24. The van der Waals surface area contributed by atoms with Crippen LogP contribution in [0, 0.1) is 0 Å². The minimum absolute atomic E-state index is 0.0426. The summed E-state index contributed by atoms with van der Waals surface area (Å²) in [7, 11) is 0. The largest absolute Gasteiger partial charge is 0.494 e. The Balaban J connectivity index is 1.39. The quantitative estimate of drug-likeness (QED) is 0.284. The molecule has 4 aromatic rings. The van der Waals surface area contributed by atoms with Gasteiger partial charge in [0.1, 0.15) is 5.75 Å². The molecule has 2 aromatic carbocycles. The van der Waals surface area contributed by atoms with Gasteiger partial charge in [0.15, 0.2) is 0 Å². The molecular weight excluding hydrogens is 460 g/mol. The monoisotopic (exact) mass is 482 g/mol. The molecule has 2 aromatic heterocycles. The summed E-state index contributed by atoms with van der Waals surface area (Å²) >= 11 is 0. The maximum absolute atomic E-state index is 12.4. The molecule has 0 aliphatic carbocycles. The number of urea groups is 1. The highest BCUT2D eigenvalue weighted by atomic mass is 16.5. The molecule has 0 saturated carbocycles. The number of pyridine rings is 2. The van der Waals surface area contributed by atoms with Crippen LogP contribution >= 0.6 is 0 Å². The van der Waals surface area contributed by atoms with E-state index in [4.69, 9.17) is 14.8 Å². The molecule has 1 saturated heterocycles. The summed E-state index contributed by atoms with van der Waals surface area (Å²) in [6.07, 6.45) is 3.76. The zero-order chi connectivity index (χ0) is 25.1. The number of amides is 3. The van der Waals surface area contributed by atoms with Gasteiger partial charge in [0.25, 0.3) is 5.91 Å². The van der Waals surface area contributed by atoms with Crippen molar-refractivity contribution in [2.45, 2.75) is 12.8 Å². The number of ether oxygens (including phenoxy) is 1. The molecule has 9 heteroatoms. The van der Waals surface area contributed by atoms with Crippen LogP contribution in [0.25, 0.3) is 33.3 Å². The summed E-state index contributed by atoms with van der Waals surface area (Å²) in [4.78, 5) is 45.3. The molecule has 3 heterocycles. The zero-order valence-electron chi connectivity index (χ0n) is 19.2. The van der Waals surface area contributed by atoms with Gasteiger partial charge in [-0.05, 0) is 41.8 Å². The molecule has 3 amide bonds. The van der Waals surface area contributed by atoms with Crippen molar-refractivity contribution in [1.29, 1.82) is 0 Å². The van der Waals surface area contributed by atoms with Gasteiger partial charge >= 0.3 is 12.0 Å².